The van der Waals surface area contributed by atoms with E-state index in [9.17, 15) is 4.79 Å². The molecular weight excluding hydrogens is 379 g/mol. The van der Waals surface area contributed by atoms with Gasteiger partial charge in [0.25, 0.3) is 5.91 Å². The van der Waals surface area contributed by atoms with Gasteiger partial charge in [0, 0.05) is 16.3 Å². The molecule has 0 saturated carbocycles. The second kappa shape index (κ2) is 9.31. The Morgan fingerprint density at radius 2 is 1.96 bits per heavy atom. The van der Waals surface area contributed by atoms with Crippen molar-refractivity contribution in [2.24, 2.45) is 5.16 Å². The first-order chi connectivity index (χ1) is 12.4. The normalized spacial score (nSPS) is 10.7. The van der Waals surface area contributed by atoms with Gasteiger partial charge >= 0.3 is 0 Å². The molecule has 8 heteroatoms. The maximum Gasteiger partial charge on any atom is 0.265 e. The number of oxime groups is 1. The van der Waals surface area contributed by atoms with Crippen molar-refractivity contribution in [2.75, 3.05) is 26.1 Å². The molecule has 0 fully saturated rings. The monoisotopic (exact) mass is 396 g/mol. The summed E-state index contributed by atoms with van der Waals surface area (Å²) < 4.78 is 10.4. The first-order valence-electron chi connectivity index (χ1n) is 7.57. The highest BCUT2D eigenvalue weighted by Gasteiger charge is 2.10. The van der Waals surface area contributed by atoms with Crippen molar-refractivity contribution < 1.29 is 19.1 Å². The highest BCUT2D eigenvalue weighted by Crippen LogP contribution is 2.35. The molecule has 2 aromatic rings. The van der Waals surface area contributed by atoms with Crippen LogP contribution in [0.3, 0.4) is 0 Å². The van der Waals surface area contributed by atoms with Gasteiger partial charge in [-0.3, -0.25) is 4.79 Å². The lowest BCUT2D eigenvalue weighted by molar-refractivity contribution is -0.120. The predicted molar refractivity (Wildman–Crippen MR) is 103 cm³/mol. The summed E-state index contributed by atoms with van der Waals surface area (Å²) in [6.07, 6.45) is 1.42. The van der Waals surface area contributed by atoms with Gasteiger partial charge in [0.2, 0.25) is 0 Å². The van der Waals surface area contributed by atoms with Crippen molar-refractivity contribution in [3.8, 4) is 11.5 Å². The van der Waals surface area contributed by atoms with Gasteiger partial charge in [0.05, 0.1) is 25.5 Å². The molecule has 0 aliphatic rings. The summed E-state index contributed by atoms with van der Waals surface area (Å²) in [7, 11) is 3.01. The Kier molecular flexibility index (Phi) is 7.12. The number of carbonyl (C=O) groups excluding carboxylic acids is 1. The summed E-state index contributed by atoms with van der Waals surface area (Å²) in [5, 5.41) is 7.40. The molecule has 0 atom stereocenters. The SMILES string of the molecule is COc1cc(/C=N/OCC(=O)Nc2cc(Cl)ccc2C)cc(Cl)c1OC. The summed E-state index contributed by atoms with van der Waals surface area (Å²) in [6.45, 7) is 1.62. The maximum atomic E-state index is 11.9. The minimum absolute atomic E-state index is 0.247. The number of benzene rings is 2. The number of rotatable bonds is 7. The van der Waals surface area contributed by atoms with E-state index in [4.69, 9.17) is 37.5 Å². The number of amides is 1. The largest absolute Gasteiger partial charge is 0.493 e. The Hall–Kier alpha value is -2.44. The van der Waals surface area contributed by atoms with Crippen molar-refractivity contribution in [3.63, 3.8) is 0 Å². The van der Waals surface area contributed by atoms with E-state index >= 15 is 0 Å². The molecule has 1 amide bonds. The number of aryl methyl sites for hydroxylation is 1. The molecule has 1 N–H and O–H groups in total. The van der Waals surface area contributed by atoms with E-state index in [0.29, 0.717) is 32.8 Å². The van der Waals surface area contributed by atoms with Crippen LogP contribution in [0.4, 0.5) is 5.69 Å². The average molecular weight is 397 g/mol. The van der Waals surface area contributed by atoms with Crippen LogP contribution >= 0.6 is 23.2 Å². The van der Waals surface area contributed by atoms with Crippen LogP contribution in [0.2, 0.25) is 10.0 Å². The topological polar surface area (TPSA) is 69.2 Å². The third-order valence-corrected chi connectivity index (χ3v) is 3.92. The third kappa shape index (κ3) is 5.28. The minimum atomic E-state index is -0.349. The van der Waals surface area contributed by atoms with Crippen molar-refractivity contribution in [1.29, 1.82) is 0 Å². The molecule has 2 aromatic carbocycles. The first-order valence-corrected chi connectivity index (χ1v) is 8.33. The summed E-state index contributed by atoms with van der Waals surface area (Å²) in [5.74, 6) is 0.553. The molecule has 138 valence electrons. The predicted octanol–water partition coefficient (Wildman–Crippen LogP) is 4.31. The van der Waals surface area contributed by atoms with Gasteiger partial charge in [-0.15, -0.1) is 0 Å². The Bertz CT molecular complexity index is 825. The van der Waals surface area contributed by atoms with Crippen molar-refractivity contribution in [2.45, 2.75) is 6.92 Å². The standard InChI is InChI=1S/C18H18Cl2N2O4/c1-11-4-5-13(19)8-15(11)22-17(23)10-26-21-9-12-6-14(20)18(25-3)16(7-12)24-2/h4-9H,10H2,1-3H3,(H,22,23)/b21-9+. The third-order valence-electron chi connectivity index (χ3n) is 3.40. The molecule has 0 aliphatic heterocycles. The maximum absolute atomic E-state index is 11.9. The molecule has 0 heterocycles. The molecule has 0 radical (unpaired) electrons. The Morgan fingerprint density at radius 1 is 1.19 bits per heavy atom. The molecule has 6 nitrogen and oxygen atoms in total. The zero-order valence-electron chi connectivity index (χ0n) is 14.5. The lowest BCUT2D eigenvalue weighted by Crippen LogP contribution is -2.17. The van der Waals surface area contributed by atoms with Crippen LogP contribution in [0.5, 0.6) is 11.5 Å². The molecule has 0 unspecified atom stereocenters. The van der Waals surface area contributed by atoms with Gasteiger partial charge in [-0.05, 0) is 36.8 Å². The van der Waals surface area contributed by atoms with E-state index in [2.05, 4.69) is 10.5 Å². The van der Waals surface area contributed by atoms with Crippen LogP contribution in [0.1, 0.15) is 11.1 Å². The van der Waals surface area contributed by atoms with Crippen molar-refractivity contribution >= 4 is 41.0 Å². The smallest absolute Gasteiger partial charge is 0.265 e. The Labute approximate surface area is 161 Å². The van der Waals surface area contributed by atoms with Gasteiger partial charge in [-0.2, -0.15) is 0 Å². The van der Waals surface area contributed by atoms with E-state index in [1.54, 1.807) is 24.3 Å². The van der Waals surface area contributed by atoms with Crippen LogP contribution in [0, 0.1) is 6.92 Å². The quantitative estimate of drug-likeness (QED) is 0.559. The number of ether oxygens (including phenoxy) is 2. The number of anilines is 1. The average Bonchev–Trinajstić information content (AvgIpc) is 2.61. The summed E-state index contributed by atoms with van der Waals surface area (Å²) in [5.41, 5.74) is 2.16. The van der Waals surface area contributed by atoms with Crippen LogP contribution in [-0.2, 0) is 9.63 Å². The summed E-state index contributed by atoms with van der Waals surface area (Å²) in [4.78, 5) is 16.9. The van der Waals surface area contributed by atoms with Crippen molar-refractivity contribution in [1.82, 2.24) is 0 Å². The van der Waals surface area contributed by atoms with E-state index in [-0.39, 0.29) is 12.5 Å². The molecule has 0 saturated heterocycles. The second-order valence-electron chi connectivity index (χ2n) is 5.25. The van der Waals surface area contributed by atoms with Gasteiger partial charge < -0.3 is 19.6 Å². The molecule has 0 aromatic heterocycles. The molecule has 26 heavy (non-hydrogen) atoms. The Balaban J connectivity index is 1.94. The number of hydrogen-bond acceptors (Lipinski definition) is 5. The van der Waals surface area contributed by atoms with Gasteiger partial charge in [0.15, 0.2) is 18.1 Å². The van der Waals surface area contributed by atoms with E-state index < -0.39 is 0 Å². The van der Waals surface area contributed by atoms with Gasteiger partial charge in [-0.25, -0.2) is 0 Å². The highest BCUT2D eigenvalue weighted by atomic mass is 35.5. The molecule has 0 spiro atoms. The van der Waals surface area contributed by atoms with E-state index in [0.717, 1.165) is 5.56 Å². The van der Waals surface area contributed by atoms with E-state index in [1.807, 2.05) is 13.0 Å². The summed E-state index contributed by atoms with van der Waals surface area (Å²) in [6, 6.07) is 8.57. The fourth-order valence-electron chi connectivity index (χ4n) is 2.12. The minimum Gasteiger partial charge on any atom is -0.493 e. The highest BCUT2D eigenvalue weighted by molar-refractivity contribution is 6.32. The van der Waals surface area contributed by atoms with Gasteiger partial charge in [-0.1, -0.05) is 34.4 Å². The second-order valence-corrected chi connectivity index (χ2v) is 6.10. The van der Waals surface area contributed by atoms with Crippen molar-refractivity contribution in [3.05, 3.63) is 51.5 Å². The van der Waals surface area contributed by atoms with Crippen LogP contribution in [0.15, 0.2) is 35.5 Å². The van der Waals surface area contributed by atoms with Gasteiger partial charge in [0.1, 0.15) is 0 Å². The first kappa shape index (κ1) is 19.9. The molecule has 0 aliphatic carbocycles. The fourth-order valence-corrected chi connectivity index (χ4v) is 2.59. The lowest BCUT2D eigenvalue weighted by Gasteiger charge is -2.10. The molecule has 2 rings (SSSR count). The number of halogens is 2. The zero-order chi connectivity index (χ0) is 19.1. The Morgan fingerprint density at radius 3 is 2.65 bits per heavy atom. The van der Waals surface area contributed by atoms with E-state index in [1.165, 1.54) is 20.4 Å². The fraction of sp³-hybridized carbons (Fsp3) is 0.222. The van der Waals surface area contributed by atoms with Crippen LogP contribution in [0.25, 0.3) is 0 Å². The number of methoxy groups -OCH3 is 2. The van der Waals surface area contributed by atoms with Crippen LogP contribution in [-0.4, -0.2) is 32.9 Å². The zero-order valence-corrected chi connectivity index (χ0v) is 16.0. The number of carbonyl (C=O) groups is 1. The molecule has 0 bridgehead atoms. The number of nitrogens with zero attached hydrogens (tertiary/aromatic N) is 1. The summed E-state index contributed by atoms with van der Waals surface area (Å²) >= 11 is 12.0. The number of nitrogens with one attached hydrogen (secondary N) is 1. The lowest BCUT2D eigenvalue weighted by atomic mass is 10.2. The molecular formula is C18H18Cl2N2O4. The van der Waals surface area contributed by atoms with Crippen LogP contribution < -0.4 is 14.8 Å². The number of hydrogen-bond donors (Lipinski definition) is 1.